The topological polar surface area (TPSA) is 38.9 Å². The highest BCUT2D eigenvalue weighted by atomic mass is 19.1. The average Bonchev–Trinajstić information content (AvgIpc) is 2.35. The van der Waals surface area contributed by atoms with Gasteiger partial charge in [-0.3, -0.25) is 4.98 Å². The van der Waals surface area contributed by atoms with Crippen LogP contribution >= 0.6 is 0 Å². The van der Waals surface area contributed by atoms with Crippen molar-refractivity contribution in [2.45, 2.75) is 26.3 Å². The number of pyridine rings is 1. The van der Waals surface area contributed by atoms with E-state index in [0.29, 0.717) is 12.0 Å². The van der Waals surface area contributed by atoms with E-state index < -0.39 is 0 Å². The van der Waals surface area contributed by atoms with E-state index in [1.165, 1.54) is 6.07 Å². The largest absolute Gasteiger partial charge is 0.324 e. The summed E-state index contributed by atoms with van der Waals surface area (Å²) in [5, 5.41) is 0. The Bertz CT molecular complexity index is 552. The molecular weight excluding hydrogens is 227 g/mol. The van der Waals surface area contributed by atoms with Crippen LogP contribution in [0.3, 0.4) is 0 Å². The number of nitrogens with two attached hydrogens (primary N) is 1. The van der Waals surface area contributed by atoms with Crippen LogP contribution in [0.5, 0.6) is 0 Å². The zero-order valence-corrected chi connectivity index (χ0v) is 10.7. The summed E-state index contributed by atoms with van der Waals surface area (Å²) in [6.45, 7) is 3.75. The van der Waals surface area contributed by atoms with Gasteiger partial charge in [-0.25, -0.2) is 4.39 Å². The highest BCUT2D eigenvalue weighted by molar-refractivity contribution is 5.28. The molecule has 1 heterocycles. The lowest BCUT2D eigenvalue weighted by Crippen LogP contribution is -2.15. The lowest BCUT2D eigenvalue weighted by molar-refractivity contribution is 0.608. The second-order valence-corrected chi connectivity index (χ2v) is 4.59. The second-order valence-electron chi connectivity index (χ2n) is 4.59. The average molecular weight is 244 g/mol. The first-order valence-electron chi connectivity index (χ1n) is 6.00. The van der Waals surface area contributed by atoms with E-state index in [-0.39, 0.29) is 11.9 Å². The molecule has 0 saturated heterocycles. The third-order valence-corrected chi connectivity index (χ3v) is 3.16. The third-order valence-electron chi connectivity index (χ3n) is 3.16. The number of benzene rings is 1. The van der Waals surface area contributed by atoms with Gasteiger partial charge < -0.3 is 5.73 Å². The molecule has 94 valence electrons. The molecule has 0 aliphatic carbocycles. The molecule has 1 atom stereocenters. The van der Waals surface area contributed by atoms with Crippen LogP contribution in [0.15, 0.2) is 36.5 Å². The van der Waals surface area contributed by atoms with Gasteiger partial charge in [0.05, 0.1) is 0 Å². The monoisotopic (exact) mass is 244 g/mol. The van der Waals surface area contributed by atoms with Gasteiger partial charge in [0.15, 0.2) is 0 Å². The van der Waals surface area contributed by atoms with Gasteiger partial charge in [-0.1, -0.05) is 18.2 Å². The van der Waals surface area contributed by atoms with Gasteiger partial charge >= 0.3 is 0 Å². The Hall–Kier alpha value is -1.74. The van der Waals surface area contributed by atoms with Crippen molar-refractivity contribution < 1.29 is 4.39 Å². The molecule has 2 N–H and O–H groups in total. The summed E-state index contributed by atoms with van der Waals surface area (Å²) >= 11 is 0. The number of hydrogen-bond donors (Lipinski definition) is 1. The number of nitrogens with zero attached hydrogens (tertiary/aromatic N) is 1. The second kappa shape index (κ2) is 5.27. The standard InChI is InChI=1S/C15H17FN2/c1-10-5-6-12(8-13(10)16)14(17)9-15-11(2)4-3-7-18-15/h3-8,14H,9,17H2,1-2H3. The van der Waals surface area contributed by atoms with Crippen molar-refractivity contribution in [3.8, 4) is 0 Å². The summed E-state index contributed by atoms with van der Waals surface area (Å²) in [6, 6.07) is 8.82. The molecule has 0 spiro atoms. The molecular formula is C15H17FN2. The molecule has 1 aromatic heterocycles. The normalized spacial score (nSPS) is 12.4. The fourth-order valence-corrected chi connectivity index (χ4v) is 1.90. The summed E-state index contributed by atoms with van der Waals surface area (Å²) in [5.41, 5.74) is 9.63. The maximum absolute atomic E-state index is 13.5. The summed E-state index contributed by atoms with van der Waals surface area (Å²) in [4.78, 5) is 4.31. The third kappa shape index (κ3) is 2.74. The van der Waals surface area contributed by atoms with Crippen molar-refractivity contribution >= 4 is 0 Å². The number of aryl methyl sites for hydroxylation is 2. The minimum absolute atomic E-state index is 0.208. The number of halogens is 1. The number of rotatable bonds is 3. The Morgan fingerprint density at radius 3 is 2.67 bits per heavy atom. The predicted molar refractivity (Wildman–Crippen MR) is 70.7 cm³/mol. The van der Waals surface area contributed by atoms with Gasteiger partial charge in [-0.15, -0.1) is 0 Å². The molecule has 0 aliphatic rings. The van der Waals surface area contributed by atoms with Crippen LogP contribution in [0.2, 0.25) is 0 Å². The lowest BCUT2D eigenvalue weighted by Gasteiger charge is -2.13. The maximum atomic E-state index is 13.5. The van der Waals surface area contributed by atoms with E-state index >= 15 is 0 Å². The van der Waals surface area contributed by atoms with Crippen LogP contribution in [-0.4, -0.2) is 4.98 Å². The number of hydrogen-bond acceptors (Lipinski definition) is 2. The smallest absolute Gasteiger partial charge is 0.126 e. The van der Waals surface area contributed by atoms with Crippen LogP contribution in [0.1, 0.15) is 28.4 Å². The summed E-state index contributed by atoms with van der Waals surface area (Å²) in [6.07, 6.45) is 2.37. The molecule has 0 saturated carbocycles. The van der Waals surface area contributed by atoms with Gasteiger partial charge in [0.25, 0.3) is 0 Å². The Balaban J connectivity index is 2.19. The van der Waals surface area contributed by atoms with Crippen molar-refractivity contribution in [3.63, 3.8) is 0 Å². The van der Waals surface area contributed by atoms with Gasteiger partial charge in [-0.05, 0) is 42.7 Å². The molecule has 3 heteroatoms. The zero-order chi connectivity index (χ0) is 13.1. The van der Waals surface area contributed by atoms with Gasteiger partial charge in [0.1, 0.15) is 5.82 Å². The molecule has 0 fully saturated rings. The first-order valence-corrected chi connectivity index (χ1v) is 6.00. The lowest BCUT2D eigenvalue weighted by atomic mass is 9.99. The van der Waals surface area contributed by atoms with Crippen molar-refractivity contribution in [2.75, 3.05) is 0 Å². The first kappa shape index (κ1) is 12.7. The summed E-state index contributed by atoms with van der Waals surface area (Å²) < 4.78 is 13.5. The maximum Gasteiger partial charge on any atom is 0.126 e. The van der Waals surface area contributed by atoms with E-state index in [4.69, 9.17) is 5.73 Å². The van der Waals surface area contributed by atoms with E-state index in [1.54, 1.807) is 19.2 Å². The first-order chi connectivity index (χ1) is 8.58. The molecule has 1 unspecified atom stereocenters. The molecule has 18 heavy (non-hydrogen) atoms. The van der Waals surface area contributed by atoms with Crippen molar-refractivity contribution in [3.05, 3.63) is 64.7 Å². The molecule has 1 aromatic carbocycles. The molecule has 2 aromatic rings. The van der Waals surface area contributed by atoms with E-state index in [2.05, 4.69) is 4.98 Å². The van der Waals surface area contributed by atoms with Crippen molar-refractivity contribution in [2.24, 2.45) is 5.73 Å². The molecule has 2 rings (SSSR count). The van der Waals surface area contributed by atoms with Crippen LogP contribution in [-0.2, 0) is 6.42 Å². The molecule has 0 aliphatic heterocycles. The van der Waals surface area contributed by atoms with Crippen LogP contribution in [0, 0.1) is 19.7 Å². The Labute approximate surface area is 107 Å². The molecule has 0 amide bonds. The minimum Gasteiger partial charge on any atom is -0.324 e. The van der Waals surface area contributed by atoms with Crippen LogP contribution in [0.4, 0.5) is 4.39 Å². The van der Waals surface area contributed by atoms with E-state index in [1.807, 2.05) is 25.1 Å². The zero-order valence-electron chi connectivity index (χ0n) is 10.7. The van der Waals surface area contributed by atoms with Gasteiger partial charge in [0.2, 0.25) is 0 Å². The Kier molecular flexibility index (Phi) is 3.72. The molecule has 2 nitrogen and oxygen atoms in total. The fourth-order valence-electron chi connectivity index (χ4n) is 1.90. The van der Waals surface area contributed by atoms with Crippen molar-refractivity contribution in [1.82, 2.24) is 4.98 Å². The Morgan fingerprint density at radius 1 is 1.22 bits per heavy atom. The van der Waals surface area contributed by atoms with Gasteiger partial charge in [0, 0.05) is 24.4 Å². The highest BCUT2D eigenvalue weighted by Crippen LogP contribution is 2.19. The quantitative estimate of drug-likeness (QED) is 0.901. The molecule has 0 radical (unpaired) electrons. The summed E-state index contributed by atoms with van der Waals surface area (Å²) in [7, 11) is 0. The van der Waals surface area contributed by atoms with Crippen molar-refractivity contribution in [1.29, 1.82) is 0 Å². The summed E-state index contributed by atoms with van der Waals surface area (Å²) in [5.74, 6) is -0.208. The SMILES string of the molecule is Cc1ccc(C(N)Cc2ncccc2C)cc1F. The number of aromatic nitrogens is 1. The molecule has 0 bridgehead atoms. The Morgan fingerprint density at radius 2 is 2.00 bits per heavy atom. The minimum atomic E-state index is -0.228. The highest BCUT2D eigenvalue weighted by Gasteiger charge is 2.11. The predicted octanol–water partition coefficient (Wildman–Crippen LogP) is 3.08. The van der Waals surface area contributed by atoms with Crippen LogP contribution in [0.25, 0.3) is 0 Å². The van der Waals surface area contributed by atoms with Crippen LogP contribution < -0.4 is 5.73 Å². The van der Waals surface area contributed by atoms with E-state index in [9.17, 15) is 4.39 Å². The fraction of sp³-hybridized carbons (Fsp3) is 0.267. The van der Waals surface area contributed by atoms with Gasteiger partial charge in [-0.2, -0.15) is 0 Å². The van der Waals surface area contributed by atoms with E-state index in [0.717, 1.165) is 16.8 Å².